The van der Waals surface area contributed by atoms with E-state index < -0.39 is 15.0 Å². The van der Waals surface area contributed by atoms with E-state index in [1.54, 1.807) is 0 Å². The molecule has 2 atom stereocenters. The minimum atomic E-state index is -1.71. The topological polar surface area (TPSA) is 44.2 Å². The van der Waals surface area contributed by atoms with Crippen molar-refractivity contribution in [2.24, 2.45) is 9.03 Å². The lowest BCUT2D eigenvalue weighted by molar-refractivity contribution is 0.476. The van der Waals surface area contributed by atoms with Crippen molar-refractivity contribution in [2.45, 2.75) is 0 Å². The van der Waals surface area contributed by atoms with E-state index in [0.717, 1.165) is 0 Å². The largest absolute Gasteiger partial charge is 0.252 e. The third-order valence-electron chi connectivity index (χ3n) is 3.56. The van der Waals surface area contributed by atoms with Crippen molar-refractivity contribution in [1.82, 2.24) is 28.0 Å². The molecular weight excluding hydrogens is 451 g/mol. The van der Waals surface area contributed by atoms with Crippen LogP contribution in [-0.2, 0) is 0 Å². The Hall–Kier alpha value is 1.66. The fourth-order valence-corrected chi connectivity index (χ4v) is 14.0. The predicted molar refractivity (Wildman–Crippen MR) is 129 cm³/mol. The smallest absolute Gasteiger partial charge is 0.170 e. The normalized spacial score (nSPS) is 14.0. The maximum atomic E-state index is 5.73. The first kappa shape index (κ1) is 29.9. The zero-order chi connectivity index (χ0) is 21.3. The molecule has 26 heavy (non-hydrogen) atoms. The van der Waals surface area contributed by atoms with Crippen LogP contribution in [0.2, 0.25) is 0 Å². The second-order valence-corrected chi connectivity index (χ2v) is 16.4. The highest BCUT2D eigenvalue weighted by Crippen LogP contribution is 2.58. The minimum absolute atomic E-state index is 0.109. The Morgan fingerprint density at radius 3 is 0.654 bits per heavy atom. The molecule has 2 unspecified atom stereocenters. The molecule has 0 saturated heterocycles. The van der Waals surface area contributed by atoms with E-state index in [0.29, 0.717) is 0 Å². The van der Waals surface area contributed by atoms with Gasteiger partial charge in [0.25, 0.3) is 0 Å². The molecule has 160 valence electrons. The van der Waals surface area contributed by atoms with Gasteiger partial charge in [0, 0.05) is 0 Å². The fraction of sp³-hybridized carbons (Fsp3) is 1.00. The van der Waals surface area contributed by atoms with Crippen molar-refractivity contribution >= 4 is 53.7 Å². The summed E-state index contributed by atoms with van der Waals surface area (Å²) in [5.41, 5.74) is 0. The lowest BCUT2D eigenvalue weighted by Gasteiger charge is -2.40. The van der Waals surface area contributed by atoms with E-state index >= 15 is 0 Å². The summed E-state index contributed by atoms with van der Waals surface area (Å²) in [6.45, 7) is 0. The van der Waals surface area contributed by atoms with Gasteiger partial charge in [-0.1, -0.05) is 22.5 Å². The number of halogens is 2. The van der Waals surface area contributed by atoms with Crippen LogP contribution in [0.25, 0.3) is 0 Å². The first-order valence-electron chi connectivity index (χ1n) is 7.79. The van der Waals surface area contributed by atoms with E-state index in [-0.39, 0.29) is 16.2 Å². The van der Waals surface area contributed by atoms with Crippen LogP contribution in [0.15, 0.2) is 9.03 Å². The van der Waals surface area contributed by atoms with E-state index in [2.05, 4.69) is 37.1 Å². The van der Waals surface area contributed by atoms with Crippen molar-refractivity contribution in [3.05, 3.63) is 0 Å². The van der Waals surface area contributed by atoms with Gasteiger partial charge in [0.2, 0.25) is 0 Å². The molecule has 0 aliphatic carbocycles. The van der Waals surface area contributed by atoms with Crippen molar-refractivity contribution in [3.8, 4) is 0 Å². The highest BCUT2D eigenvalue weighted by Gasteiger charge is 2.28. The molecule has 0 fully saturated rings. The van der Waals surface area contributed by atoms with Crippen LogP contribution in [0.4, 0.5) is 0 Å². The maximum absolute atomic E-state index is 5.73. The molecule has 0 aliphatic rings. The van der Waals surface area contributed by atoms with Crippen molar-refractivity contribution < 1.29 is 0 Å². The summed E-state index contributed by atoms with van der Waals surface area (Å²) in [4.78, 5) is 0. The van der Waals surface area contributed by atoms with Crippen molar-refractivity contribution in [2.75, 3.05) is 84.6 Å². The molecule has 0 aromatic rings. The van der Waals surface area contributed by atoms with Gasteiger partial charge in [0.1, 0.15) is 0 Å². The zero-order valence-electron chi connectivity index (χ0n) is 18.2. The van der Waals surface area contributed by atoms with Gasteiger partial charge in [0.05, 0.1) is 16.2 Å². The first-order chi connectivity index (χ1) is 11.8. The molecule has 0 spiro atoms. The maximum Gasteiger partial charge on any atom is 0.170 e. The van der Waals surface area contributed by atoms with E-state index in [1.807, 2.05) is 84.6 Å². The monoisotopic (exact) mass is 488 g/mol. The van der Waals surface area contributed by atoms with Crippen molar-refractivity contribution in [1.29, 1.82) is 0 Å². The van der Waals surface area contributed by atoms with Gasteiger partial charge in [0.15, 0.2) is 15.0 Å². The summed E-state index contributed by atoms with van der Waals surface area (Å²) in [6, 6.07) is 0. The zero-order valence-corrected chi connectivity index (χ0v) is 23.5. The highest BCUT2D eigenvalue weighted by molar-refractivity contribution is 7.75. The molecule has 0 N–H and O–H groups in total. The fourth-order valence-electron chi connectivity index (χ4n) is 2.78. The summed E-state index contributed by atoms with van der Waals surface area (Å²) in [6.07, 6.45) is 0. The number of nitrogens with zero attached hydrogens (tertiary/aromatic N) is 8. The number of rotatable bonds is 8. The van der Waals surface area contributed by atoms with Crippen LogP contribution in [0, 0.1) is 0 Å². The molecule has 0 radical (unpaired) electrons. The lowest BCUT2D eigenvalue weighted by Crippen LogP contribution is -2.30. The number of hydrogen-bond acceptors (Lipinski definition) is 2. The second kappa shape index (κ2) is 13.8. The third-order valence-corrected chi connectivity index (χ3v) is 14.1. The average molecular weight is 489 g/mol. The molecule has 0 aromatic carbocycles. The van der Waals surface area contributed by atoms with Gasteiger partial charge < -0.3 is 0 Å². The summed E-state index contributed by atoms with van der Waals surface area (Å²) in [5.74, 6) is 0. The molecule has 0 amide bonds. The van der Waals surface area contributed by atoms with Gasteiger partial charge in [-0.25, -0.2) is 9.03 Å². The predicted octanol–water partition coefficient (Wildman–Crippen LogP) is 4.73. The SMILES string of the molecule is CN(C)P(=NPCl)(N(C)C)N(C)C.CN(C)P(=NPCl)(N(C)C)N(C)C. The van der Waals surface area contributed by atoms with E-state index in [9.17, 15) is 0 Å². The second-order valence-electron chi connectivity index (χ2n) is 6.53. The molecule has 0 saturated carbocycles. The Bertz CT molecular complexity index is 397. The Morgan fingerprint density at radius 1 is 0.462 bits per heavy atom. The Morgan fingerprint density at radius 2 is 0.615 bits per heavy atom. The van der Waals surface area contributed by atoms with Crippen LogP contribution in [-0.4, -0.2) is 113 Å². The standard InChI is InChI=1S/2C6H19ClN4P2/c2*1-9(2)13(8-12-7,10(3)4)11(5)6/h2*12H,1-6H3. The summed E-state index contributed by atoms with van der Waals surface area (Å²) in [5, 5.41) is 0. The van der Waals surface area contributed by atoms with Gasteiger partial charge in [-0.3, -0.25) is 28.0 Å². The van der Waals surface area contributed by atoms with E-state index in [4.69, 9.17) is 22.5 Å². The van der Waals surface area contributed by atoms with Gasteiger partial charge in [-0.05, 0) is 84.6 Å². The minimum Gasteiger partial charge on any atom is -0.252 e. The molecule has 8 nitrogen and oxygen atoms in total. The van der Waals surface area contributed by atoms with Crippen LogP contribution in [0.5, 0.6) is 0 Å². The van der Waals surface area contributed by atoms with Gasteiger partial charge >= 0.3 is 0 Å². The molecular formula is C12H38Cl2N8P4. The van der Waals surface area contributed by atoms with Crippen LogP contribution in [0.3, 0.4) is 0 Å². The summed E-state index contributed by atoms with van der Waals surface area (Å²) in [7, 11) is 21.2. The Balaban J connectivity index is 0. The highest BCUT2D eigenvalue weighted by atomic mass is 35.7. The average Bonchev–Trinajstić information content (AvgIpc) is 2.48. The number of hydrogen-bond donors (Lipinski definition) is 0. The van der Waals surface area contributed by atoms with Gasteiger partial charge in [-0.15, -0.1) is 0 Å². The van der Waals surface area contributed by atoms with Crippen LogP contribution >= 0.6 is 53.7 Å². The van der Waals surface area contributed by atoms with Crippen LogP contribution in [0.1, 0.15) is 0 Å². The molecule has 0 bridgehead atoms. The Labute approximate surface area is 175 Å². The summed E-state index contributed by atoms with van der Waals surface area (Å²) >= 11 is 11.5. The third kappa shape index (κ3) is 7.48. The Kier molecular flexibility index (Phi) is 15.9. The summed E-state index contributed by atoms with van der Waals surface area (Å²) < 4.78 is 21.9. The molecule has 0 aliphatic heterocycles. The molecule has 0 heterocycles. The van der Waals surface area contributed by atoms with Gasteiger partial charge in [-0.2, -0.15) is 0 Å². The molecule has 0 rings (SSSR count). The first-order valence-corrected chi connectivity index (χ1v) is 14.9. The quantitative estimate of drug-likeness (QED) is 0.460. The van der Waals surface area contributed by atoms with Crippen LogP contribution < -0.4 is 0 Å². The van der Waals surface area contributed by atoms with Crippen molar-refractivity contribution in [3.63, 3.8) is 0 Å². The lowest BCUT2D eigenvalue weighted by atomic mass is 11.2. The van der Waals surface area contributed by atoms with E-state index in [1.165, 1.54) is 0 Å². The molecule has 14 heteroatoms. The molecule has 0 aromatic heterocycles.